The van der Waals surface area contributed by atoms with Gasteiger partial charge in [-0.2, -0.15) is 0 Å². The van der Waals surface area contributed by atoms with E-state index in [9.17, 15) is 0 Å². The molecule has 1 saturated carbocycles. The molecule has 0 unspecified atom stereocenters. The van der Waals surface area contributed by atoms with Crippen molar-refractivity contribution in [2.45, 2.75) is 12.3 Å². The van der Waals surface area contributed by atoms with Crippen molar-refractivity contribution in [3.8, 4) is 5.75 Å². The lowest BCUT2D eigenvalue weighted by Crippen LogP contribution is -2.02. The molecule has 0 spiro atoms. The van der Waals surface area contributed by atoms with Crippen LogP contribution in [-0.4, -0.2) is 13.7 Å². The summed E-state index contributed by atoms with van der Waals surface area (Å²) in [7, 11) is 1.68. The highest BCUT2D eigenvalue weighted by molar-refractivity contribution is 6.30. The zero-order chi connectivity index (χ0) is 10.1. The Hall–Kier alpha value is -0.730. The first kappa shape index (κ1) is 9.81. The van der Waals surface area contributed by atoms with E-state index in [2.05, 4.69) is 0 Å². The van der Waals surface area contributed by atoms with Crippen molar-refractivity contribution in [2.24, 2.45) is 11.7 Å². The minimum atomic E-state index is 0.576. The molecule has 1 fully saturated rings. The Morgan fingerprint density at radius 1 is 1.57 bits per heavy atom. The summed E-state index contributed by atoms with van der Waals surface area (Å²) >= 11 is 5.89. The minimum Gasteiger partial charge on any atom is -0.496 e. The predicted molar refractivity (Wildman–Crippen MR) is 57.9 cm³/mol. The number of hydrogen-bond donors (Lipinski definition) is 1. The number of halogens is 1. The van der Waals surface area contributed by atoms with Crippen molar-refractivity contribution < 1.29 is 4.74 Å². The van der Waals surface area contributed by atoms with Crippen LogP contribution in [0.4, 0.5) is 0 Å². The molecular weight excluding hydrogens is 198 g/mol. The number of hydrogen-bond acceptors (Lipinski definition) is 2. The summed E-state index contributed by atoms with van der Waals surface area (Å²) in [5.74, 6) is 2.09. The second-order valence-electron chi connectivity index (χ2n) is 3.72. The van der Waals surface area contributed by atoms with E-state index in [0.29, 0.717) is 11.8 Å². The molecule has 1 aliphatic rings. The number of nitrogens with two attached hydrogens (primary N) is 1. The average molecular weight is 212 g/mol. The first-order valence-electron chi connectivity index (χ1n) is 4.79. The lowest BCUT2D eigenvalue weighted by molar-refractivity contribution is 0.409. The van der Waals surface area contributed by atoms with Crippen molar-refractivity contribution in [3.05, 3.63) is 28.8 Å². The molecule has 0 aromatic heterocycles. The fraction of sp³-hybridized carbons (Fsp3) is 0.455. The fourth-order valence-electron chi connectivity index (χ4n) is 1.88. The smallest absolute Gasteiger partial charge is 0.123 e. The van der Waals surface area contributed by atoms with Crippen LogP contribution in [0.3, 0.4) is 0 Å². The Balaban J connectivity index is 2.25. The summed E-state index contributed by atoms with van der Waals surface area (Å²) in [6.45, 7) is 0.760. The highest BCUT2D eigenvalue weighted by Crippen LogP contribution is 2.49. The van der Waals surface area contributed by atoms with E-state index in [4.69, 9.17) is 22.1 Å². The van der Waals surface area contributed by atoms with E-state index in [0.717, 1.165) is 17.3 Å². The van der Waals surface area contributed by atoms with Gasteiger partial charge in [-0.15, -0.1) is 0 Å². The summed E-state index contributed by atoms with van der Waals surface area (Å²) < 4.78 is 5.30. The standard InChI is InChI=1S/C11H14ClNO/c1-14-11-5-8(12)2-3-9(11)10-4-7(10)6-13/h2-3,5,7,10H,4,6,13H2,1H3/t7-,10+/m0/s1. The molecule has 2 N–H and O–H groups in total. The van der Waals surface area contributed by atoms with Gasteiger partial charge in [-0.25, -0.2) is 0 Å². The van der Waals surface area contributed by atoms with E-state index in [1.165, 1.54) is 12.0 Å². The van der Waals surface area contributed by atoms with Crippen LogP contribution >= 0.6 is 11.6 Å². The summed E-state index contributed by atoms with van der Waals surface area (Å²) in [6.07, 6.45) is 1.18. The van der Waals surface area contributed by atoms with Gasteiger partial charge in [0.2, 0.25) is 0 Å². The second-order valence-corrected chi connectivity index (χ2v) is 4.16. The first-order chi connectivity index (χ1) is 6.76. The van der Waals surface area contributed by atoms with Crippen molar-refractivity contribution in [3.63, 3.8) is 0 Å². The molecule has 2 atom stereocenters. The molecule has 0 amide bonds. The van der Waals surface area contributed by atoms with Gasteiger partial charge in [0.05, 0.1) is 7.11 Å². The maximum absolute atomic E-state index is 5.89. The van der Waals surface area contributed by atoms with E-state index < -0.39 is 0 Å². The van der Waals surface area contributed by atoms with Crippen LogP contribution < -0.4 is 10.5 Å². The second kappa shape index (κ2) is 3.79. The Kier molecular flexibility index (Phi) is 2.66. The summed E-state index contributed by atoms with van der Waals surface area (Å²) in [5, 5.41) is 0.718. The molecule has 76 valence electrons. The Morgan fingerprint density at radius 3 is 2.93 bits per heavy atom. The normalized spacial score (nSPS) is 24.8. The molecule has 2 nitrogen and oxygen atoms in total. The lowest BCUT2D eigenvalue weighted by atomic mass is 10.1. The topological polar surface area (TPSA) is 35.2 Å². The van der Waals surface area contributed by atoms with Crippen LogP contribution in [0.15, 0.2) is 18.2 Å². The predicted octanol–water partition coefficient (Wildman–Crippen LogP) is 2.41. The average Bonchev–Trinajstić information content (AvgIpc) is 2.96. The monoisotopic (exact) mass is 211 g/mol. The third-order valence-electron chi connectivity index (χ3n) is 2.82. The zero-order valence-electron chi connectivity index (χ0n) is 8.16. The van der Waals surface area contributed by atoms with Gasteiger partial charge in [-0.1, -0.05) is 17.7 Å². The van der Waals surface area contributed by atoms with Crippen molar-refractivity contribution in [1.82, 2.24) is 0 Å². The van der Waals surface area contributed by atoms with E-state index in [-0.39, 0.29) is 0 Å². The summed E-state index contributed by atoms with van der Waals surface area (Å²) in [5.41, 5.74) is 6.86. The number of ether oxygens (including phenoxy) is 1. The van der Waals surface area contributed by atoms with Gasteiger partial charge in [-0.3, -0.25) is 0 Å². The largest absolute Gasteiger partial charge is 0.496 e. The summed E-state index contributed by atoms with van der Waals surface area (Å²) in [4.78, 5) is 0. The molecule has 1 aliphatic carbocycles. The molecule has 0 bridgehead atoms. The Morgan fingerprint density at radius 2 is 2.36 bits per heavy atom. The molecule has 0 radical (unpaired) electrons. The molecule has 0 aliphatic heterocycles. The number of methoxy groups -OCH3 is 1. The van der Waals surface area contributed by atoms with Crippen molar-refractivity contribution >= 4 is 11.6 Å². The Bertz CT molecular complexity index is 340. The van der Waals surface area contributed by atoms with Crippen molar-refractivity contribution in [2.75, 3.05) is 13.7 Å². The SMILES string of the molecule is COc1cc(Cl)ccc1[C@@H]1C[C@H]1CN. The van der Waals surface area contributed by atoms with Crippen LogP contribution in [0.5, 0.6) is 5.75 Å². The van der Waals surface area contributed by atoms with E-state index >= 15 is 0 Å². The third kappa shape index (κ3) is 1.72. The number of benzene rings is 1. The van der Waals surface area contributed by atoms with Gasteiger partial charge >= 0.3 is 0 Å². The number of rotatable bonds is 3. The van der Waals surface area contributed by atoms with Crippen LogP contribution in [0, 0.1) is 5.92 Å². The van der Waals surface area contributed by atoms with Gasteiger partial charge < -0.3 is 10.5 Å². The van der Waals surface area contributed by atoms with Crippen LogP contribution in [0.1, 0.15) is 17.9 Å². The first-order valence-corrected chi connectivity index (χ1v) is 5.17. The molecule has 0 saturated heterocycles. The molecule has 3 heteroatoms. The molecule has 14 heavy (non-hydrogen) atoms. The van der Waals surface area contributed by atoms with Gasteiger partial charge in [0.15, 0.2) is 0 Å². The Labute approximate surface area is 89.0 Å². The minimum absolute atomic E-state index is 0.576. The zero-order valence-corrected chi connectivity index (χ0v) is 8.92. The van der Waals surface area contributed by atoms with Crippen molar-refractivity contribution in [1.29, 1.82) is 0 Å². The van der Waals surface area contributed by atoms with Crippen LogP contribution in [0.25, 0.3) is 0 Å². The van der Waals surface area contributed by atoms with Gasteiger partial charge in [0, 0.05) is 5.02 Å². The lowest BCUT2D eigenvalue weighted by Gasteiger charge is -2.08. The maximum atomic E-state index is 5.89. The molecule has 1 aromatic carbocycles. The fourth-order valence-corrected chi connectivity index (χ4v) is 2.04. The summed E-state index contributed by atoms with van der Waals surface area (Å²) in [6, 6.07) is 5.82. The molecule has 0 heterocycles. The molecule has 1 aromatic rings. The van der Waals surface area contributed by atoms with Gasteiger partial charge in [-0.05, 0) is 42.5 Å². The molecule has 2 rings (SSSR count). The molecular formula is C11H14ClNO. The quantitative estimate of drug-likeness (QED) is 0.834. The van der Waals surface area contributed by atoms with E-state index in [1.807, 2.05) is 18.2 Å². The van der Waals surface area contributed by atoms with Crippen LogP contribution in [0.2, 0.25) is 5.02 Å². The highest BCUT2D eigenvalue weighted by Gasteiger charge is 2.38. The third-order valence-corrected chi connectivity index (χ3v) is 3.06. The van der Waals surface area contributed by atoms with E-state index in [1.54, 1.807) is 7.11 Å². The van der Waals surface area contributed by atoms with Gasteiger partial charge in [0.25, 0.3) is 0 Å². The maximum Gasteiger partial charge on any atom is 0.123 e. The highest BCUT2D eigenvalue weighted by atomic mass is 35.5. The van der Waals surface area contributed by atoms with Gasteiger partial charge in [0.1, 0.15) is 5.75 Å². The van der Waals surface area contributed by atoms with Crippen LogP contribution in [-0.2, 0) is 0 Å².